The Balaban J connectivity index is 1.52. The summed E-state index contributed by atoms with van der Waals surface area (Å²) in [6.07, 6.45) is 1.47. The van der Waals surface area contributed by atoms with Gasteiger partial charge in [0, 0.05) is 19.6 Å². The zero-order valence-electron chi connectivity index (χ0n) is 17.6. The molecule has 8 nitrogen and oxygen atoms in total. The van der Waals surface area contributed by atoms with E-state index in [2.05, 4.69) is 9.97 Å². The maximum Gasteiger partial charge on any atom is 0.258 e. The number of para-hydroxylation sites is 1. The fourth-order valence-corrected chi connectivity index (χ4v) is 5.06. The zero-order valence-corrected chi connectivity index (χ0v) is 18.4. The van der Waals surface area contributed by atoms with Crippen molar-refractivity contribution in [2.75, 3.05) is 18.9 Å². The smallest absolute Gasteiger partial charge is 0.258 e. The normalized spacial score (nSPS) is 16.3. The maximum absolute atomic E-state index is 13.0. The molecule has 2 aromatic carbocycles. The molecule has 4 rings (SSSR count). The number of ether oxygens (including phenoxy) is 1. The summed E-state index contributed by atoms with van der Waals surface area (Å²) in [5.41, 5.74) is 0.268. The maximum atomic E-state index is 13.0. The third-order valence-corrected chi connectivity index (χ3v) is 7.22. The number of hydrogen-bond acceptors (Lipinski definition) is 6. The molecule has 0 radical (unpaired) electrons. The van der Waals surface area contributed by atoms with Gasteiger partial charge in [0.15, 0.2) is 9.84 Å². The number of amides is 1. The number of H-pyrrole nitrogens is 1. The van der Waals surface area contributed by atoms with Crippen LogP contribution in [0.5, 0.6) is 0 Å². The van der Waals surface area contributed by atoms with E-state index in [9.17, 15) is 18.0 Å². The summed E-state index contributed by atoms with van der Waals surface area (Å²) < 4.78 is 30.9. The summed E-state index contributed by atoms with van der Waals surface area (Å²) in [7, 11) is -3.58. The molecule has 1 aliphatic rings. The molecule has 1 saturated heterocycles. The van der Waals surface area contributed by atoms with Gasteiger partial charge in [0.25, 0.3) is 5.56 Å². The summed E-state index contributed by atoms with van der Waals surface area (Å²) in [6, 6.07) is 15.1. The van der Waals surface area contributed by atoms with Crippen molar-refractivity contribution in [3.63, 3.8) is 0 Å². The van der Waals surface area contributed by atoms with Gasteiger partial charge in [-0.15, -0.1) is 0 Å². The van der Waals surface area contributed by atoms with Gasteiger partial charge < -0.3 is 14.6 Å². The lowest BCUT2D eigenvalue weighted by Crippen LogP contribution is -2.38. The van der Waals surface area contributed by atoms with E-state index in [0.717, 1.165) is 12.8 Å². The van der Waals surface area contributed by atoms with Gasteiger partial charge in [-0.05, 0) is 37.1 Å². The average molecular weight is 456 g/mol. The van der Waals surface area contributed by atoms with Gasteiger partial charge in [-0.1, -0.05) is 30.3 Å². The van der Waals surface area contributed by atoms with E-state index >= 15 is 0 Å². The van der Waals surface area contributed by atoms with E-state index in [1.165, 1.54) is 17.0 Å². The van der Waals surface area contributed by atoms with Crippen molar-refractivity contribution in [1.29, 1.82) is 0 Å². The molecule has 0 spiro atoms. The number of aromatic amines is 1. The third-order valence-electron chi connectivity index (χ3n) is 5.49. The Bertz CT molecular complexity index is 1250. The molecule has 32 heavy (non-hydrogen) atoms. The van der Waals surface area contributed by atoms with Crippen molar-refractivity contribution >= 4 is 26.6 Å². The lowest BCUT2D eigenvalue weighted by molar-refractivity contribution is -0.133. The molecule has 1 amide bonds. The van der Waals surface area contributed by atoms with Crippen LogP contribution in [0.25, 0.3) is 10.9 Å². The molecule has 3 aromatic rings. The van der Waals surface area contributed by atoms with Crippen LogP contribution in [0.4, 0.5) is 0 Å². The highest BCUT2D eigenvalue weighted by Crippen LogP contribution is 2.17. The second-order valence-corrected chi connectivity index (χ2v) is 9.93. The molecule has 1 N–H and O–H groups in total. The van der Waals surface area contributed by atoms with E-state index in [0.29, 0.717) is 29.9 Å². The summed E-state index contributed by atoms with van der Waals surface area (Å²) >= 11 is 0. The second kappa shape index (κ2) is 9.62. The van der Waals surface area contributed by atoms with Gasteiger partial charge in [-0.3, -0.25) is 9.59 Å². The Morgan fingerprint density at radius 1 is 1.12 bits per heavy atom. The number of hydrogen-bond donors (Lipinski definition) is 1. The van der Waals surface area contributed by atoms with Crippen molar-refractivity contribution in [2.24, 2.45) is 0 Å². The van der Waals surface area contributed by atoms with Crippen molar-refractivity contribution in [1.82, 2.24) is 14.9 Å². The molecule has 0 saturated carbocycles. The highest BCUT2D eigenvalue weighted by molar-refractivity contribution is 7.91. The Hall–Kier alpha value is -3.04. The van der Waals surface area contributed by atoms with Gasteiger partial charge in [0.1, 0.15) is 5.82 Å². The van der Waals surface area contributed by atoms with E-state index < -0.39 is 9.84 Å². The molecule has 0 bridgehead atoms. The van der Waals surface area contributed by atoms with Gasteiger partial charge in [-0.25, -0.2) is 13.4 Å². The van der Waals surface area contributed by atoms with E-state index in [1.54, 1.807) is 42.5 Å². The second-order valence-electron chi connectivity index (χ2n) is 7.82. The Morgan fingerprint density at radius 2 is 1.88 bits per heavy atom. The molecule has 0 aliphatic carbocycles. The van der Waals surface area contributed by atoms with Crippen molar-refractivity contribution < 1.29 is 17.9 Å². The highest BCUT2D eigenvalue weighted by atomic mass is 32.2. The molecule has 168 valence electrons. The number of carbonyl (C=O) groups is 1. The average Bonchev–Trinajstić information content (AvgIpc) is 3.31. The SMILES string of the molecule is O=C(CCS(=O)(=O)c1ccccc1)N(Cc1nc2ccccc2c(=O)[nH]1)C[C@H]1CCCO1. The number of sulfone groups is 1. The van der Waals surface area contributed by atoms with E-state index in [-0.39, 0.29) is 41.2 Å². The van der Waals surface area contributed by atoms with E-state index in [4.69, 9.17) is 4.74 Å². The molecule has 1 atom stereocenters. The van der Waals surface area contributed by atoms with Crippen LogP contribution in [0, 0.1) is 0 Å². The van der Waals surface area contributed by atoms with Crippen LogP contribution in [0.3, 0.4) is 0 Å². The predicted octanol–water partition coefficient (Wildman–Crippen LogP) is 2.29. The fourth-order valence-electron chi connectivity index (χ4n) is 3.80. The number of nitrogens with one attached hydrogen (secondary N) is 1. The highest BCUT2D eigenvalue weighted by Gasteiger charge is 2.25. The number of fused-ring (bicyclic) bond motifs is 1. The molecule has 1 fully saturated rings. The molecular weight excluding hydrogens is 430 g/mol. The minimum absolute atomic E-state index is 0.0736. The van der Waals surface area contributed by atoms with E-state index in [1.807, 2.05) is 0 Å². The van der Waals surface area contributed by atoms with Crippen LogP contribution in [0.1, 0.15) is 25.1 Å². The van der Waals surface area contributed by atoms with Crippen LogP contribution in [0.2, 0.25) is 0 Å². The molecule has 1 aliphatic heterocycles. The minimum Gasteiger partial charge on any atom is -0.376 e. The molecule has 2 heterocycles. The lowest BCUT2D eigenvalue weighted by Gasteiger charge is -2.25. The summed E-state index contributed by atoms with van der Waals surface area (Å²) in [5.74, 6) is -0.263. The van der Waals surface area contributed by atoms with Crippen molar-refractivity contribution in [3.8, 4) is 0 Å². The number of aromatic nitrogens is 2. The predicted molar refractivity (Wildman–Crippen MR) is 120 cm³/mol. The Kier molecular flexibility index (Phi) is 6.66. The molecule has 1 aromatic heterocycles. The first kappa shape index (κ1) is 22.2. The summed E-state index contributed by atoms with van der Waals surface area (Å²) in [5, 5.41) is 0.474. The Labute approximate surface area is 186 Å². The first-order chi connectivity index (χ1) is 15.4. The first-order valence-electron chi connectivity index (χ1n) is 10.6. The van der Waals surface area contributed by atoms with Crippen molar-refractivity contribution in [3.05, 3.63) is 70.8 Å². The lowest BCUT2D eigenvalue weighted by atomic mass is 10.2. The van der Waals surface area contributed by atoms with Crippen molar-refractivity contribution in [2.45, 2.75) is 36.8 Å². The molecule has 0 unspecified atom stereocenters. The minimum atomic E-state index is -3.58. The molecular formula is C23H25N3O5S. The largest absolute Gasteiger partial charge is 0.376 e. The third kappa shape index (κ3) is 5.23. The van der Waals surface area contributed by atoms with Gasteiger partial charge in [0.05, 0.1) is 34.2 Å². The van der Waals surface area contributed by atoms with Crippen LogP contribution >= 0.6 is 0 Å². The first-order valence-corrected chi connectivity index (χ1v) is 12.2. The van der Waals surface area contributed by atoms with Gasteiger partial charge in [0.2, 0.25) is 5.91 Å². The van der Waals surface area contributed by atoms with Gasteiger partial charge >= 0.3 is 0 Å². The summed E-state index contributed by atoms with van der Waals surface area (Å²) in [6.45, 7) is 1.03. The van der Waals surface area contributed by atoms with Crippen LogP contribution in [-0.2, 0) is 25.9 Å². The Morgan fingerprint density at radius 3 is 2.62 bits per heavy atom. The topological polar surface area (TPSA) is 109 Å². The fraction of sp³-hybridized carbons (Fsp3) is 0.348. The number of carbonyl (C=O) groups excluding carboxylic acids is 1. The number of benzene rings is 2. The quantitative estimate of drug-likeness (QED) is 0.558. The number of rotatable bonds is 8. The van der Waals surface area contributed by atoms with Crippen LogP contribution in [0.15, 0.2) is 64.3 Å². The zero-order chi connectivity index (χ0) is 22.6. The molecule has 9 heteroatoms. The number of nitrogens with zero attached hydrogens (tertiary/aromatic N) is 2. The van der Waals surface area contributed by atoms with Crippen LogP contribution in [-0.4, -0.2) is 54.2 Å². The standard InChI is InChI=1S/C23H25N3O5S/c27-22(12-14-32(29,30)18-8-2-1-3-9-18)26(15-17-7-6-13-31-17)16-21-24-20-11-5-4-10-19(20)23(28)25-21/h1-5,8-11,17H,6-7,12-16H2,(H,24,25,28)/t17-/m1/s1. The van der Waals surface area contributed by atoms with Crippen LogP contribution < -0.4 is 5.56 Å². The summed E-state index contributed by atoms with van der Waals surface area (Å²) in [4.78, 5) is 34.4. The van der Waals surface area contributed by atoms with Gasteiger partial charge in [-0.2, -0.15) is 0 Å². The monoisotopic (exact) mass is 455 g/mol.